The first-order valence-corrected chi connectivity index (χ1v) is 12.9. The van der Waals surface area contributed by atoms with Crippen molar-refractivity contribution in [2.75, 3.05) is 25.5 Å². The number of nitrogens with zero attached hydrogens (tertiary/aromatic N) is 2. The Morgan fingerprint density at radius 2 is 1.62 bits per heavy atom. The highest BCUT2D eigenvalue weighted by molar-refractivity contribution is 7.14. The van der Waals surface area contributed by atoms with Crippen molar-refractivity contribution in [3.63, 3.8) is 0 Å². The molecule has 0 aliphatic carbocycles. The fourth-order valence-corrected chi connectivity index (χ4v) is 3.89. The third-order valence-corrected chi connectivity index (χ3v) is 6.03. The standard InChI is InChI=1S/C26H28N6O7S/c1-32(22(34)20-16-40-25(29-20)31-24(37)28-12-17-8-4-2-5-9-17)14-21(33)27-13-19(23(35)36)30-26(38)39-15-18-10-6-3-7-11-18/h2-11,16,19H,12-15H2,1H3,(H,27,33)(H,30,38)(H,35,36)(H2,28,29,31,37)/t19-/m1/s1. The minimum absolute atomic E-state index is 0.0184. The highest BCUT2D eigenvalue weighted by Gasteiger charge is 2.23. The van der Waals surface area contributed by atoms with Gasteiger partial charge in [-0.05, 0) is 11.1 Å². The third-order valence-electron chi connectivity index (χ3n) is 5.27. The van der Waals surface area contributed by atoms with Crippen molar-refractivity contribution < 1.29 is 33.8 Å². The van der Waals surface area contributed by atoms with Crippen LogP contribution in [0.5, 0.6) is 0 Å². The Labute approximate surface area is 233 Å². The molecule has 1 aromatic heterocycles. The number of carboxylic acid groups (broad SMARTS) is 1. The van der Waals surface area contributed by atoms with Crippen molar-refractivity contribution in [1.82, 2.24) is 25.8 Å². The van der Waals surface area contributed by atoms with E-state index in [9.17, 15) is 29.1 Å². The van der Waals surface area contributed by atoms with Crippen LogP contribution in [0.1, 0.15) is 21.6 Å². The van der Waals surface area contributed by atoms with Gasteiger partial charge >= 0.3 is 18.1 Å². The Morgan fingerprint density at radius 3 is 2.27 bits per heavy atom. The number of anilines is 1. The van der Waals surface area contributed by atoms with Gasteiger partial charge in [0.05, 0.1) is 6.54 Å². The second kappa shape index (κ2) is 14.8. The smallest absolute Gasteiger partial charge is 0.408 e. The summed E-state index contributed by atoms with van der Waals surface area (Å²) >= 11 is 1.04. The van der Waals surface area contributed by atoms with Crippen LogP contribution in [0.15, 0.2) is 66.0 Å². The van der Waals surface area contributed by atoms with Crippen LogP contribution in [-0.2, 0) is 27.5 Å². The Bertz CT molecular complexity index is 1320. The Morgan fingerprint density at radius 1 is 0.975 bits per heavy atom. The number of thiazole rings is 1. The lowest BCUT2D eigenvalue weighted by molar-refractivity contribution is -0.139. The number of nitrogens with one attached hydrogen (secondary N) is 4. The SMILES string of the molecule is CN(CC(=O)NC[C@@H](NC(=O)OCc1ccccc1)C(=O)O)C(=O)c1csc(NC(=O)NCc2ccccc2)n1. The molecule has 14 heteroatoms. The second-order valence-corrected chi connectivity index (χ2v) is 9.25. The summed E-state index contributed by atoms with van der Waals surface area (Å²) < 4.78 is 5.01. The van der Waals surface area contributed by atoms with E-state index in [4.69, 9.17) is 4.74 Å². The summed E-state index contributed by atoms with van der Waals surface area (Å²) in [6, 6.07) is 16.2. The van der Waals surface area contributed by atoms with Gasteiger partial charge in [0.1, 0.15) is 18.3 Å². The van der Waals surface area contributed by atoms with Crippen molar-refractivity contribution in [3.05, 3.63) is 82.9 Å². The molecule has 0 aliphatic rings. The van der Waals surface area contributed by atoms with Crippen molar-refractivity contribution in [1.29, 1.82) is 0 Å². The molecule has 40 heavy (non-hydrogen) atoms. The fraction of sp³-hybridized carbons (Fsp3) is 0.231. The number of benzene rings is 2. The molecule has 1 heterocycles. The van der Waals surface area contributed by atoms with Gasteiger partial charge in [-0.1, -0.05) is 60.7 Å². The quantitative estimate of drug-likeness (QED) is 0.220. The normalized spacial score (nSPS) is 11.0. The van der Waals surface area contributed by atoms with Crippen molar-refractivity contribution in [2.24, 2.45) is 0 Å². The topological polar surface area (TPSA) is 179 Å². The van der Waals surface area contributed by atoms with E-state index >= 15 is 0 Å². The summed E-state index contributed by atoms with van der Waals surface area (Å²) in [4.78, 5) is 65.7. The average molecular weight is 569 g/mol. The summed E-state index contributed by atoms with van der Waals surface area (Å²) in [6.45, 7) is -0.569. The number of carbonyl (C=O) groups is 5. The summed E-state index contributed by atoms with van der Waals surface area (Å²) in [6.07, 6.45) is -0.959. The van der Waals surface area contributed by atoms with Crippen molar-refractivity contribution >= 4 is 46.4 Å². The maximum Gasteiger partial charge on any atom is 0.408 e. The lowest BCUT2D eigenvalue weighted by atomic mass is 10.2. The van der Waals surface area contributed by atoms with Crippen LogP contribution in [0.2, 0.25) is 0 Å². The van der Waals surface area contributed by atoms with Gasteiger partial charge in [0.25, 0.3) is 5.91 Å². The highest BCUT2D eigenvalue weighted by atomic mass is 32.1. The molecule has 5 amide bonds. The fourth-order valence-electron chi connectivity index (χ4n) is 3.21. The number of amides is 5. The zero-order valence-electron chi connectivity index (χ0n) is 21.5. The van der Waals surface area contributed by atoms with Gasteiger partial charge in [0.2, 0.25) is 5.91 Å². The molecule has 0 saturated heterocycles. The number of carbonyl (C=O) groups excluding carboxylic acids is 4. The summed E-state index contributed by atoms with van der Waals surface area (Å²) in [5.74, 6) is -2.62. The summed E-state index contributed by atoms with van der Waals surface area (Å²) in [5, 5.41) is 20.8. The molecular formula is C26H28N6O7S. The lowest BCUT2D eigenvalue weighted by Gasteiger charge is -2.18. The van der Waals surface area contributed by atoms with Gasteiger partial charge in [-0.15, -0.1) is 11.3 Å². The van der Waals surface area contributed by atoms with Gasteiger partial charge in [-0.25, -0.2) is 19.4 Å². The van der Waals surface area contributed by atoms with Gasteiger partial charge in [0.15, 0.2) is 5.13 Å². The molecule has 0 saturated carbocycles. The monoisotopic (exact) mass is 568 g/mol. The maximum absolute atomic E-state index is 12.7. The van der Waals surface area contributed by atoms with Crippen molar-refractivity contribution in [2.45, 2.75) is 19.2 Å². The van der Waals surface area contributed by atoms with E-state index in [1.807, 2.05) is 30.3 Å². The molecule has 0 spiro atoms. The largest absolute Gasteiger partial charge is 0.480 e. The number of aromatic nitrogens is 1. The lowest BCUT2D eigenvalue weighted by Crippen LogP contribution is -2.50. The number of urea groups is 1. The van der Waals surface area contributed by atoms with E-state index < -0.39 is 49.0 Å². The summed E-state index contributed by atoms with van der Waals surface area (Å²) in [5.41, 5.74) is 1.66. The molecule has 3 aromatic rings. The van der Waals surface area contributed by atoms with E-state index in [2.05, 4.69) is 26.3 Å². The van der Waals surface area contributed by atoms with E-state index in [0.29, 0.717) is 6.54 Å². The molecular weight excluding hydrogens is 540 g/mol. The predicted octanol–water partition coefficient (Wildman–Crippen LogP) is 2.03. The number of ether oxygens (including phenoxy) is 1. The van der Waals surface area contributed by atoms with E-state index in [0.717, 1.165) is 27.4 Å². The van der Waals surface area contributed by atoms with E-state index in [1.165, 1.54) is 12.4 Å². The Hall–Kier alpha value is -4.98. The number of likely N-dealkylation sites (N-methyl/N-ethyl adjacent to an activating group) is 1. The van der Waals surface area contributed by atoms with Crippen molar-refractivity contribution in [3.8, 4) is 0 Å². The average Bonchev–Trinajstić information content (AvgIpc) is 3.41. The number of rotatable bonds is 12. The Kier molecular flexibility index (Phi) is 11.0. The molecule has 13 nitrogen and oxygen atoms in total. The Balaban J connectivity index is 1.41. The number of carboxylic acids is 1. The minimum Gasteiger partial charge on any atom is -0.480 e. The van der Waals surface area contributed by atoms with Crippen LogP contribution in [0.3, 0.4) is 0 Å². The molecule has 0 fully saturated rings. The first kappa shape index (κ1) is 29.6. The molecule has 2 aromatic carbocycles. The molecule has 0 bridgehead atoms. The van der Waals surface area contributed by atoms with E-state index in [-0.39, 0.29) is 17.4 Å². The van der Waals surface area contributed by atoms with Crippen LogP contribution >= 0.6 is 11.3 Å². The molecule has 210 valence electrons. The van der Waals surface area contributed by atoms with Crippen LogP contribution in [0, 0.1) is 0 Å². The molecule has 1 atom stereocenters. The van der Waals surface area contributed by atoms with Crippen LogP contribution in [0.25, 0.3) is 0 Å². The molecule has 5 N–H and O–H groups in total. The molecule has 0 radical (unpaired) electrons. The first-order valence-electron chi connectivity index (χ1n) is 12.0. The van der Waals surface area contributed by atoms with Gasteiger partial charge in [-0.3, -0.25) is 14.9 Å². The highest BCUT2D eigenvalue weighted by Crippen LogP contribution is 2.16. The van der Waals surface area contributed by atoms with Gasteiger partial charge < -0.3 is 30.7 Å². The third kappa shape index (κ3) is 9.72. The summed E-state index contributed by atoms with van der Waals surface area (Å²) in [7, 11) is 1.37. The number of aliphatic carboxylic acids is 1. The van der Waals surface area contributed by atoms with E-state index in [1.54, 1.807) is 30.3 Å². The van der Waals surface area contributed by atoms with Crippen LogP contribution < -0.4 is 21.3 Å². The van der Waals surface area contributed by atoms with Gasteiger partial charge in [-0.2, -0.15) is 0 Å². The number of alkyl carbamates (subject to hydrolysis) is 1. The number of hydrogen-bond donors (Lipinski definition) is 5. The zero-order chi connectivity index (χ0) is 28.9. The minimum atomic E-state index is -1.45. The first-order chi connectivity index (χ1) is 19.2. The zero-order valence-corrected chi connectivity index (χ0v) is 22.3. The predicted molar refractivity (Wildman–Crippen MR) is 146 cm³/mol. The number of hydrogen-bond acceptors (Lipinski definition) is 8. The maximum atomic E-state index is 12.7. The van der Waals surface area contributed by atoms with Crippen LogP contribution in [-0.4, -0.2) is 71.1 Å². The molecule has 0 unspecified atom stereocenters. The molecule has 0 aliphatic heterocycles. The second-order valence-electron chi connectivity index (χ2n) is 8.39. The van der Waals surface area contributed by atoms with Gasteiger partial charge in [0, 0.05) is 25.5 Å². The van der Waals surface area contributed by atoms with Crippen LogP contribution in [0.4, 0.5) is 14.7 Å². The molecule has 3 rings (SSSR count).